The van der Waals surface area contributed by atoms with Crippen molar-refractivity contribution in [1.82, 2.24) is 20.2 Å². The van der Waals surface area contributed by atoms with E-state index in [2.05, 4.69) is 20.2 Å². The zero-order chi connectivity index (χ0) is 21.1. The summed E-state index contributed by atoms with van der Waals surface area (Å²) in [5.74, 6) is 0.396. The van der Waals surface area contributed by atoms with Gasteiger partial charge in [0.2, 0.25) is 15.9 Å². The van der Waals surface area contributed by atoms with Gasteiger partial charge < -0.3 is 9.84 Å². The Morgan fingerprint density at radius 1 is 1.21 bits per heavy atom. The summed E-state index contributed by atoms with van der Waals surface area (Å²) >= 11 is 1.58. The second-order valence-electron chi connectivity index (χ2n) is 6.97. The zero-order valence-electron chi connectivity index (χ0n) is 16.3. The van der Waals surface area contributed by atoms with Crippen molar-refractivity contribution < 1.29 is 17.7 Å². The fourth-order valence-electron chi connectivity index (χ4n) is 2.60. The number of rotatable bonds is 8. The highest BCUT2D eigenvalue weighted by atomic mass is 32.2. The van der Waals surface area contributed by atoms with Crippen LogP contribution in [0.15, 0.2) is 51.2 Å². The predicted octanol–water partition coefficient (Wildman–Crippen LogP) is 2.63. The van der Waals surface area contributed by atoms with Crippen LogP contribution < -0.4 is 10.0 Å². The maximum Gasteiger partial charge on any atom is 0.252 e. The number of carbonyl (C=O) groups excluding carboxylic acids is 1. The molecule has 0 aliphatic heterocycles. The molecule has 0 fully saturated rings. The lowest BCUT2D eigenvalue weighted by atomic mass is 10.0. The van der Waals surface area contributed by atoms with Crippen LogP contribution in [0, 0.1) is 6.92 Å². The monoisotopic (exact) mass is 434 g/mol. The molecule has 8 nitrogen and oxygen atoms in total. The molecule has 3 rings (SSSR count). The van der Waals surface area contributed by atoms with Gasteiger partial charge in [-0.15, -0.1) is 11.3 Å². The molecule has 0 unspecified atom stereocenters. The van der Waals surface area contributed by atoms with Crippen LogP contribution in [0.25, 0.3) is 0 Å². The number of benzene rings is 1. The summed E-state index contributed by atoms with van der Waals surface area (Å²) in [6.07, 6.45) is 0.627. The quantitative estimate of drug-likeness (QED) is 0.563. The van der Waals surface area contributed by atoms with Crippen LogP contribution in [-0.4, -0.2) is 31.0 Å². The van der Waals surface area contributed by atoms with Gasteiger partial charge in [0.25, 0.3) is 5.91 Å². The molecular formula is C19H22N4O4S2. The second-order valence-corrected chi connectivity index (χ2v) is 9.77. The number of aromatic nitrogens is 2. The van der Waals surface area contributed by atoms with Gasteiger partial charge in [-0.25, -0.2) is 13.1 Å². The lowest BCUT2D eigenvalue weighted by molar-refractivity contribution is 0.0907. The number of aryl methyl sites for hydroxylation is 1. The Morgan fingerprint density at radius 3 is 2.52 bits per heavy atom. The van der Waals surface area contributed by atoms with E-state index in [1.54, 1.807) is 32.1 Å². The molecule has 29 heavy (non-hydrogen) atoms. The average Bonchev–Trinajstić information content (AvgIpc) is 3.33. The minimum Gasteiger partial charge on any atom is -0.340 e. The highest BCUT2D eigenvalue weighted by Crippen LogP contribution is 2.18. The Hall–Kier alpha value is -2.56. The second kappa shape index (κ2) is 8.44. The number of hydrogen-bond donors (Lipinski definition) is 2. The van der Waals surface area contributed by atoms with E-state index in [9.17, 15) is 13.2 Å². The van der Waals surface area contributed by atoms with Crippen molar-refractivity contribution in [3.63, 3.8) is 0 Å². The van der Waals surface area contributed by atoms with Gasteiger partial charge in [0.1, 0.15) is 0 Å². The SMILES string of the molecule is Cc1nc(C(C)(C)NC(=O)c2ccc(S(=O)(=O)NCCc3cccs3)cc2)no1. The molecule has 3 aromatic rings. The van der Waals surface area contributed by atoms with Crippen LogP contribution in [0.3, 0.4) is 0 Å². The maximum absolute atomic E-state index is 12.5. The molecule has 2 N–H and O–H groups in total. The van der Waals surface area contributed by atoms with E-state index in [-0.39, 0.29) is 10.8 Å². The number of sulfonamides is 1. The molecule has 1 amide bonds. The highest BCUT2D eigenvalue weighted by Gasteiger charge is 2.28. The number of thiophene rings is 1. The van der Waals surface area contributed by atoms with Crippen LogP contribution in [0.4, 0.5) is 0 Å². The van der Waals surface area contributed by atoms with Gasteiger partial charge in [-0.2, -0.15) is 4.98 Å². The molecule has 1 aromatic carbocycles. The van der Waals surface area contributed by atoms with E-state index >= 15 is 0 Å². The third-order valence-corrected chi connectivity index (χ3v) is 6.60. The van der Waals surface area contributed by atoms with Gasteiger partial charge in [-0.3, -0.25) is 4.79 Å². The van der Waals surface area contributed by atoms with Gasteiger partial charge in [0, 0.05) is 23.9 Å². The fourth-order valence-corrected chi connectivity index (χ4v) is 4.34. The molecular weight excluding hydrogens is 412 g/mol. The van der Waals surface area contributed by atoms with Crippen LogP contribution in [0.2, 0.25) is 0 Å². The third-order valence-electron chi connectivity index (χ3n) is 4.18. The highest BCUT2D eigenvalue weighted by molar-refractivity contribution is 7.89. The van der Waals surface area contributed by atoms with Crippen LogP contribution in [-0.2, 0) is 22.0 Å². The molecule has 0 saturated heterocycles. The van der Waals surface area contributed by atoms with Crippen LogP contribution >= 0.6 is 11.3 Å². The van der Waals surface area contributed by atoms with E-state index in [0.717, 1.165) is 4.88 Å². The number of amides is 1. The lowest BCUT2D eigenvalue weighted by Gasteiger charge is -2.22. The minimum atomic E-state index is -3.64. The van der Waals surface area contributed by atoms with E-state index in [1.807, 2.05) is 17.5 Å². The van der Waals surface area contributed by atoms with Gasteiger partial charge in [0.15, 0.2) is 5.82 Å². The standard InChI is InChI=1S/C19H22N4O4S2/c1-13-21-18(23-27-13)19(2,3)22-17(24)14-6-8-16(9-7-14)29(25,26)20-11-10-15-5-4-12-28-15/h4-9,12,20H,10-11H2,1-3H3,(H,22,24). The van der Waals surface area contributed by atoms with Crippen molar-refractivity contribution in [2.75, 3.05) is 6.54 Å². The summed E-state index contributed by atoms with van der Waals surface area (Å²) in [6, 6.07) is 9.66. The number of carbonyl (C=O) groups is 1. The van der Waals surface area contributed by atoms with Gasteiger partial charge in [0.05, 0.1) is 10.4 Å². The van der Waals surface area contributed by atoms with Crippen molar-refractivity contribution in [3.05, 3.63) is 63.9 Å². The van der Waals surface area contributed by atoms with Gasteiger partial charge in [-0.1, -0.05) is 11.2 Å². The molecule has 0 spiro atoms. The Morgan fingerprint density at radius 2 is 1.93 bits per heavy atom. The Labute approximate surface area is 173 Å². The summed E-state index contributed by atoms with van der Waals surface area (Å²) in [6.45, 7) is 5.49. The summed E-state index contributed by atoms with van der Waals surface area (Å²) in [7, 11) is -3.64. The first-order valence-electron chi connectivity index (χ1n) is 8.93. The normalized spacial score (nSPS) is 12.1. The van der Waals surface area contributed by atoms with Crippen LogP contribution in [0.5, 0.6) is 0 Å². The Kier molecular flexibility index (Phi) is 6.15. The van der Waals surface area contributed by atoms with Gasteiger partial charge >= 0.3 is 0 Å². The molecule has 0 atom stereocenters. The molecule has 0 aliphatic carbocycles. The average molecular weight is 435 g/mol. The van der Waals surface area contributed by atoms with E-state index in [1.165, 1.54) is 24.3 Å². The molecule has 2 heterocycles. The smallest absolute Gasteiger partial charge is 0.252 e. The first-order valence-corrected chi connectivity index (χ1v) is 11.3. The van der Waals surface area contributed by atoms with Crippen molar-refractivity contribution in [1.29, 1.82) is 0 Å². The summed E-state index contributed by atoms with van der Waals surface area (Å²) in [5, 5.41) is 8.62. The topological polar surface area (TPSA) is 114 Å². The number of hydrogen-bond acceptors (Lipinski definition) is 7. The first-order chi connectivity index (χ1) is 13.7. The van der Waals surface area contributed by atoms with E-state index in [4.69, 9.17) is 4.52 Å². The van der Waals surface area contributed by atoms with E-state index in [0.29, 0.717) is 30.2 Å². The van der Waals surface area contributed by atoms with Gasteiger partial charge in [-0.05, 0) is 56.0 Å². The van der Waals surface area contributed by atoms with Crippen LogP contribution in [0.1, 0.15) is 40.8 Å². The molecule has 154 valence electrons. The van der Waals surface area contributed by atoms with Crippen molar-refractivity contribution >= 4 is 27.3 Å². The predicted molar refractivity (Wildman–Crippen MR) is 109 cm³/mol. The molecule has 2 aromatic heterocycles. The molecule has 0 aliphatic rings. The largest absolute Gasteiger partial charge is 0.340 e. The summed E-state index contributed by atoms with van der Waals surface area (Å²) < 4.78 is 32.4. The lowest BCUT2D eigenvalue weighted by Crippen LogP contribution is -2.41. The number of nitrogens with one attached hydrogen (secondary N) is 2. The third kappa shape index (κ3) is 5.28. The summed E-state index contributed by atoms with van der Waals surface area (Å²) in [4.78, 5) is 17.9. The number of nitrogens with zero attached hydrogens (tertiary/aromatic N) is 2. The van der Waals surface area contributed by atoms with E-state index < -0.39 is 15.6 Å². The Balaban J connectivity index is 1.63. The first kappa shape index (κ1) is 21.2. The fraction of sp³-hybridized carbons (Fsp3) is 0.316. The molecule has 0 saturated carbocycles. The maximum atomic E-state index is 12.5. The summed E-state index contributed by atoms with van der Waals surface area (Å²) in [5.41, 5.74) is -0.515. The molecule has 0 radical (unpaired) electrons. The zero-order valence-corrected chi connectivity index (χ0v) is 17.9. The van der Waals surface area contributed by atoms with Crippen molar-refractivity contribution in [3.8, 4) is 0 Å². The minimum absolute atomic E-state index is 0.105. The van der Waals surface area contributed by atoms with Crippen molar-refractivity contribution in [2.24, 2.45) is 0 Å². The van der Waals surface area contributed by atoms with Crippen molar-refractivity contribution in [2.45, 2.75) is 37.6 Å². The molecule has 10 heteroatoms. The Bertz CT molecular complexity index is 1070. The molecule has 0 bridgehead atoms.